The summed E-state index contributed by atoms with van der Waals surface area (Å²) >= 11 is 1.68. The molecule has 0 saturated heterocycles. The van der Waals surface area contributed by atoms with Crippen LogP contribution in [-0.4, -0.2) is 31.4 Å². The van der Waals surface area contributed by atoms with E-state index >= 15 is 0 Å². The molecule has 4 aromatic rings. The van der Waals surface area contributed by atoms with E-state index < -0.39 is 6.36 Å². The molecule has 160 valence electrons. The van der Waals surface area contributed by atoms with E-state index in [1.165, 1.54) is 29.1 Å². The summed E-state index contributed by atoms with van der Waals surface area (Å²) in [6, 6.07) is 9.30. The van der Waals surface area contributed by atoms with E-state index in [1.807, 2.05) is 11.4 Å². The standard InChI is InChI=1S/C20H16F3N5O2S/c21-20(22,23)29-13-5-3-12(4-6-13)18-26-19(30-27-18)17-8-15-16(25-11-24-15)10-28(17)9-14-2-1-7-31-14/h1-7,11,17H,8-10H2,(H,24,25)/t17-/m0/s1. The highest BCUT2D eigenvalue weighted by atomic mass is 32.1. The molecule has 0 bridgehead atoms. The second-order valence-electron chi connectivity index (χ2n) is 7.06. The minimum atomic E-state index is -4.74. The van der Waals surface area contributed by atoms with Crippen molar-refractivity contribution in [3.63, 3.8) is 0 Å². The molecule has 1 aromatic carbocycles. The summed E-state index contributed by atoms with van der Waals surface area (Å²) in [5, 5.41) is 6.07. The number of hydrogen-bond acceptors (Lipinski definition) is 7. The van der Waals surface area contributed by atoms with E-state index in [0.717, 1.165) is 17.9 Å². The van der Waals surface area contributed by atoms with Crippen LogP contribution < -0.4 is 4.74 Å². The lowest BCUT2D eigenvalue weighted by Gasteiger charge is -2.32. The van der Waals surface area contributed by atoms with Gasteiger partial charge in [0.15, 0.2) is 0 Å². The molecule has 1 N–H and O–H groups in total. The van der Waals surface area contributed by atoms with E-state index in [4.69, 9.17) is 4.52 Å². The van der Waals surface area contributed by atoms with E-state index in [1.54, 1.807) is 17.7 Å². The first-order valence-corrected chi connectivity index (χ1v) is 10.3. The van der Waals surface area contributed by atoms with Crippen molar-refractivity contribution in [2.75, 3.05) is 0 Å². The zero-order valence-corrected chi connectivity index (χ0v) is 16.8. The summed E-state index contributed by atoms with van der Waals surface area (Å²) in [4.78, 5) is 15.6. The quantitative estimate of drug-likeness (QED) is 0.477. The zero-order chi connectivity index (χ0) is 21.4. The average molecular weight is 447 g/mol. The maximum Gasteiger partial charge on any atom is 0.573 e. The number of nitrogens with one attached hydrogen (secondary N) is 1. The van der Waals surface area contributed by atoms with Crippen molar-refractivity contribution >= 4 is 11.3 Å². The molecule has 0 unspecified atom stereocenters. The molecule has 1 aliphatic rings. The van der Waals surface area contributed by atoms with Gasteiger partial charge >= 0.3 is 6.36 Å². The topological polar surface area (TPSA) is 80.1 Å². The maximum absolute atomic E-state index is 12.4. The molecule has 3 aromatic heterocycles. The van der Waals surface area contributed by atoms with Crippen molar-refractivity contribution in [2.45, 2.75) is 31.9 Å². The van der Waals surface area contributed by atoms with Gasteiger partial charge in [-0.2, -0.15) is 4.98 Å². The van der Waals surface area contributed by atoms with E-state index in [0.29, 0.717) is 30.2 Å². The highest BCUT2D eigenvalue weighted by Gasteiger charge is 2.34. The minimum absolute atomic E-state index is 0.160. The Morgan fingerprint density at radius 1 is 1.23 bits per heavy atom. The third-order valence-electron chi connectivity index (χ3n) is 5.01. The van der Waals surface area contributed by atoms with Gasteiger partial charge in [-0.1, -0.05) is 11.2 Å². The highest BCUT2D eigenvalue weighted by molar-refractivity contribution is 7.09. The smallest absolute Gasteiger partial charge is 0.406 e. The van der Waals surface area contributed by atoms with E-state index in [9.17, 15) is 13.2 Å². The Hall–Kier alpha value is -3.18. The number of rotatable bonds is 5. The Labute approximate surface area is 178 Å². The minimum Gasteiger partial charge on any atom is -0.406 e. The molecule has 11 heteroatoms. The molecule has 0 aliphatic carbocycles. The SMILES string of the molecule is FC(F)(F)Oc1ccc(-c2noc([C@@H]3Cc4nc[nH]c4CN3Cc3cccs3)n2)cc1. The Balaban J connectivity index is 1.39. The molecule has 31 heavy (non-hydrogen) atoms. The van der Waals surface area contributed by atoms with Gasteiger partial charge in [-0.15, -0.1) is 24.5 Å². The summed E-state index contributed by atoms with van der Waals surface area (Å²) in [7, 11) is 0. The molecule has 1 atom stereocenters. The zero-order valence-electron chi connectivity index (χ0n) is 16.0. The molecule has 4 heterocycles. The van der Waals surface area contributed by atoms with Gasteiger partial charge in [0.05, 0.1) is 23.8 Å². The van der Waals surface area contributed by atoms with Gasteiger partial charge in [0.2, 0.25) is 11.7 Å². The van der Waals surface area contributed by atoms with Crippen molar-refractivity contribution in [3.05, 3.63) is 70.3 Å². The van der Waals surface area contributed by atoms with Crippen LogP contribution in [0.15, 0.2) is 52.6 Å². The molecular formula is C20H16F3N5O2S. The molecule has 5 rings (SSSR count). The summed E-state index contributed by atoms with van der Waals surface area (Å²) in [6.07, 6.45) is -2.44. The van der Waals surface area contributed by atoms with Crippen LogP contribution in [0.25, 0.3) is 11.4 Å². The molecule has 1 aliphatic heterocycles. The second kappa shape index (κ2) is 7.82. The van der Waals surface area contributed by atoms with Crippen LogP contribution >= 0.6 is 11.3 Å². The Morgan fingerprint density at radius 3 is 2.81 bits per heavy atom. The van der Waals surface area contributed by atoms with E-state index in [2.05, 4.69) is 35.8 Å². The van der Waals surface area contributed by atoms with Crippen molar-refractivity contribution in [1.29, 1.82) is 0 Å². The van der Waals surface area contributed by atoms with Crippen molar-refractivity contribution in [1.82, 2.24) is 25.0 Å². The predicted octanol–water partition coefficient (Wildman–Crippen LogP) is 4.72. The molecule has 0 amide bonds. The number of hydrogen-bond donors (Lipinski definition) is 1. The van der Waals surface area contributed by atoms with Crippen molar-refractivity contribution < 1.29 is 22.4 Å². The van der Waals surface area contributed by atoms with Crippen LogP contribution in [0, 0.1) is 0 Å². The number of benzene rings is 1. The third kappa shape index (κ3) is 4.32. The number of ether oxygens (including phenoxy) is 1. The number of alkyl halides is 3. The van der Waals surface area contributed by atoms with Gasteiger partial charge in [0.1, 0.15) is 5.75 Å². The fourth-order valence-corrected chi connectivity index (χ4v) is 4.32. The summed E-state index contributed by atoms with van der Waals surface area (Å²) in [5.74, 6) is 0.439. The van der Waals surface area contributed by atoms with Crippen LogP contribution in [0.5, 0.6) is 5.75 Å². The van der Waals surface area contributed by atoms with Gasteiger partial charge in [-0.25, -0.2) is 4.98 Å². The lowest BCUT2D eigenvalue weighted by atomic mass is 10.0. The van der Waals surface area contributed by atoms with E-state index in [-0.39, 0.29) is 11.8 Å². The van der Waals surface area contributed by atoms with Crippen molar-refractivity contribution in [2.24, 2.45) is 0 Å². The number of aromatic amines is 1. The largest absolute Gasteiger partial charge is 0.573 e. The monoisotopic (exact) mass is 447 g/mol. The Bertz CT molecular complexity index is 1150. The number of fused-ring (bicyclic) bond motifs is 1. The molecule has 7 nitrogen and oxygen atoms in total. The first-order valence-electron chi connectivity index (χ1n) is 9.42. The number of halogens is 3. The van der Waals surface area contributed by atoms with Crippen LogP contribution in [0.1, 0.15) is 28.2 Å². The van der Waals surface area contributed by atoms with Crippen LogP contribution in [0.4, 0.5) is 13.2 Å². The summed E-state index contributed by atoms with van der Waals surface area (Å²) in [6.45, 7) is 1.39. The van der Waals surface area contributed by atoms with Gasteiger partial charge in [0, 0.05) is 30.0 Å². The number of thiophene rings is 1. The fourth-order valence-electron chi connectivity index (χ4n) is 3.59. The molecule has 0 radical (unpaired) electrons. The van der Waals surface area contributed by atoms with Gasteiger partial charge < -0.3 is 14.2 Å². The lowest BCUT2D eigenvalue weighted by Crippen LogP contribution is -2.34. The number of imidazole rings is 1. The Kier molecular flexibility index (Phi) is 4.98. The first-order chi connectivity index (χ1) is 14.9. The summed E-state index contributed by atoms with van der Waals surface area (Å²) in [5.41, 5.74) is 2.55. The number of aromatic nitrogens is 4. The average Bonchev–Trinajstić information content (AvgIpc) is 3.48. The number of H-pyrrole nitrogens is 1. The van der Waals surface area contributed by atoms with Crippen molar-refractivity contribution in [3.8, 4) is 17.1 Å². The third-order valence-corrected chi connectivity index (χ3v) is 5.87. The summed E-state index contributed by atoms with van der Waals surface area (Å²) < 4.78 is 46.5. The molecule has 0 saturated carbocycles. The normalized spacial score (nSPS) is 16.9. The highest BCUT2D eigenvalue weighted by Crippen LogP contribution is 2.34. The second-order valence-corrected chi connectivity index (χ2v) is 8.09. The van der Waals surface area contributed by atoms with Crippen LogP contribution in [0.3, 0.4) is 0 Å². The Morgan fingerprint density at radius 2 is 2.06 bits per heavy atom. The van der Waals surface area contributed by atoms with Gasteiger partial charge in [0.25, 0.3) is 0 Å². The molecule has 0 spiro atoms. The number of nitrogens with zero attached hydrogens (tertiary/aromatic N) is 4. The van der Waals surface area contributed by atoms with Gasteiger partial charge in [-0.05, 0) is 35.7 Å². The van der Waals surface area contributed by atoms with Crippen LogP contribution in [-0.2, 0) is 19.5 Å². The maximum atomic E-state index is 12.4. The molecule has 0 fully saturated rings. The first kappa shape index (κ1) is 19.8. The van der Waals surface area contributed by atoms with Gasteiger partial charge in [-0.3, -0.25) is 4.90 Å². The fraction of sp³-hybridized carbons (Fsp3) is 0.250. The molecular weight excluding hydrogens is 431 g/mol. The lowest BCUT2D eigenvalue weighted by molar-refractivity contribution is -0.274. The van der Waals surface area contributed by atoms with Crippen LogP contribution in [0.2, 0.25) is 0 Å². The predicted molar refractivity (Wildman–Crippen MR) is 105 cm³/mol.